The average molecular weight is 1270 g/mol. The molecule has 8 heteroatoms. The first-order valence-corrected chi connectivity index (χ1v) is 29.1. The molecular formula is C76H63N5O2Pt. The Kier molecular flexibility index (Phi) is 14.0. The molecule has 4 aromatic heterocycles. The summed E-state index contributed by atoms with van der Waals surface area (Å²) in [4.78, 5) is 16.1. The molecule has 414 valence electrons. The van der Waals surface area contributed by atoms with E-state index in [2.05, 4.69) is 260 Å². The molecule has 0 radical (unpaired) electrons. The number of pyridine rings is 1. The van der Waals surface area contributed by atoms with Gasteiger partial charge in [-0.25, -0.2) is 0 Å². The van der Waals surface area contributed by atoms with Gasteiger partial charge < -0.3 is 18.3 Å². The van der Waals surface area contributed by atoms with E-state index >= 15 is 0 Å². The summed E-state index contributed by atoms with van der Waals surface area (Å²) in [7, 11) is 0. The zero-order valence-electron chi connectivity index (χ0n) is 48.7. The van der Waals surface area contributed by atoms with Crippen molar-refractivity contribution in [2.24, 2.45) is 0 Å². The van der Waals surface area contributed by atoms with E-state index in [-0.39, 0.29) is 44.7 Å². The van der Waals surface area contributed by atoms with Crippen molar-refractivity contribution in [1.82, 2.24) is 24.1 Å². The van der Waals surface area contributed by atoms with Gasteiger partial charge in [0.05, 0.1) is 44.8 Å². The summed E-state index contributed by atoms with van der Waals surface area (Å²) in [5, 5.41) is 4.95. The van der Waals surface area contributed by atoms with Gasteiger partial charge in [0.15, 0.2) is 0 Å². The fourth-order valence-corrected chi connectivity index (χ4v) is 12.5. The third-order valence-corrected chi connectivity index (χ3v) is 16.6. The average Bonchev–Trinajstić information content (AvgIpc) is 1.94. The Morgan fingerprint density at radius 3 is 1.45 bits per heavy atom. The molecule has 0 bridgehead atoms. The maximum atomic E-state index is 7.35. The second kappa shape index (κ2) is 21.7. The molecule has 4 heterocycles. The van der Waals surface area contributed by atoms with E-state index in [9.17, 15) is 0 Å². The number of fused-ring (bicyclic) bond motifs is 9. The van der Waals surface area contributed by atoms with E-state index in [0.717, 1.165) is 88.6 Å². The number of hydrogen-bond donors (Lipinski definition) is 0. The normalized spacial score (nSPS) is 12.0. The van der Waals surface area contributed by atoms with Crippen molar-refractivity contribution >= 4 is 65.7 Å². The van der Waals surface area contributed by atoms with Crippen molar-refractivity contribution in [3.8, 4) is 67.9 Å². The summed E-state index contributed by atoms with van der Waals surface area (Å²) in [5.74, 6) is 3.27. The zero-order chi connectivity index (χ0) is 56.8. The molecule has 0 saturated carbocycles. The van der Waals surface area contributed by atoms with Crippen molar-refractivity contribution in [3.63, 3.8) is 0 Å². The van der Waals surface area contributed by atoms with E-state index in [1.807, 2.05) is 18.2 Å². The number of aryl methyl sites for hydroxylation is 1. The van der Waals surface area contributed by atoms with Crippen molar-refractivity contribution in [3.05, 3.63) is 234 Å². The van der Waals surface area contributed by atoms with E-state index in [1.54, 1.807) is 0 Å². The Labute approximate surface area is 504 Å². The summed E-state index contributed by atoms with van der Waals surface area (Å²) in [6, 6.07) is 76.2. The molecular weight excluding hydrogens is 1210 g/mol. The van der Waals surface area contributed by atoms with Crippen LogP contribution in [0.25, 0.3) is 122 Å². The Balaban J connectivity index is 0.00000658. The van der Waals surface area contributed by atoms with Crippen LogP contribution in [0.1, 0.15) is 107 Å². The van der Waals surface area contributed by atoms with Crippen LogP contribution in [0.5, 0.6) is 11.5 Å². The number of hydrogen-bond acceptors (Lipinski definition) is 5. The summed E-state index contributed by atoms with van der Waals surface area (Å²) in [6.07, 6.45) is 0. The Morgan fingerprint density at radius 2 is 0.893 bits per heavy atom. The third kappa shape index (κ3) is 9.21. The first-order chi connectivity index (χ1) is 40.4. The van der Waals surface area contributed by atoms with E-state index in [4.69, 9.17) is 24.1 Å². The van der Waals surface area contributed by atoms with Crippen LogP contribution >= 0.6 is 0 Å². The van der Waals surface area contributed by atoms with Gasteiger partial charge in [0.2, 0.25) is 0 Å². The van der Waals surface area contributed by atoms with Crippen LogP contribution < -0.4 is 4.74 Å². The molecule has 0 saturated heterocycles. The molecule has 0 spiro atoms. The molecule has 10 aromatic carbocycles. The number of nitrogens with zero attached hydrogens (tertiary/aromatic N) is 5. The molecule has 7 nitrogen and oxygen atoms in total. The van der Waals surface area contributed by atoms with E-state index in [0.29, 0.717) is 28.5 Å². The van der Waals surface area contributed by atoms with E-state index < -0.39 is 0 Å². The number of ether oxygens (including phenoxy) is 1. The Bertz CT molecular complexity index is 4800. The van der Waals surface area contributed by atoms with Gasteiger partial charge in [-0.05, 0) is 135 Å². The van der Waals surface area contributed by atoms with Crippen molar-refractivity contribution < 1.29 is 30.2 Å². The van der Waals surface area contributed by atoms with Gasteiger partial charge in [0.25, 0.3) is 0 Å². The number of aromatic nitrogens is 5. The fourth-order valence-electron chi connectivity index (χ4n) is 12.5. The zero-order valence-corrected chi connectivity index (χ0v) is 50.9. The second-order valence-electron chi connectivity index (χ2n) is 23.3. The number of furan rings is 1. The number of benzene rings is 10. The van der Waals surface area contributed by atoms with Gasteiger partial charge in [-0.2, -0.15) is 0 Å². The standard InChI is InChI=1S/C76H63N5O2.Pt/c1-44(2)59-38-52(49-23-12-10-13-24-49)39-60(45(3)4)71(59)80-68-33-20-18-31-66(68)78-75(80)51-27-22-28-54(37-51)82-55-42-63-58-36-35-57-56-29-16-17-30-65(56)77-48(9)70(57)74(58)83-73(63)64(43-55)76-79-67-32-19-21-34-69(67)81(76)72-61(46(5)6)40-53(41-62(72)47(7)8)50-25-14-11-15-26-50;/h10-36,38-42,44-47H,1-9H3;/q-2;+2. The molecule has 14 aromatic rings. The molecule has 0 amide bonds. The topological polar surface area (TPSA) is 70.9 Å². The molecule has 0 N–H and O–H groups in total. The maximum absolute atomic E-state index is 7.35. The largest absolute Gasteiger partial charge is 2.00 e. The summed E-state index contributed by atoms with van der Waals surface area (Å²) < 4.78 is 19.2. The van der Waals surface area contributed by atoms with Crippen LogP contribution in [0.4, 0.5) is 0 Å². The minimum Gasteiger partial charge on any atom is -0.500 e. The second-order valence-corrected chi connectivity index (χ2v) is 23.3. The quantitative estimate of drug-likeness (QED) is 0.0900. The summed E-state index contributed by atoms with van der Waals surface area (Å²) in [6.45, 7) is 20.4. The van der Waals surface area contributed by atoms with Crippen molar-refractivity contribution in [1.29, 1.82) is 0 Å². The van der Waals surface area contributed by atoms with Crippen molar-refractivity contribution in [2.45, 2.75) is 86.0 Å². The molecule has 14 rings (SSSR count). The van der Waals surface area contributed by atoms with Gasteiger partial charge >= 0.3 is 21.1 Å². The number of imidazole rings is 2. The summed E-state index contributed by atoms with van der Waals surface area (Å²) in [5.41, 5.74) is 20.5. The SMILES string of the molecule is Cc1nc2ccccc2c2ccc3c4cc(Oc5[c-]c(-c6nc7ccccc7n6-c6c(C(C)C)cc(-c7ccccc7)cc6C(C)C)ccc5)[c-]c(-c5nc6ccccc6n5-c5c(C(C)C)cc(-c6ccccc6)cc5C(C)C)c4oc3c12.[Pt+2]. The first-order valence-electron chi connectivity index (χ1n) is 29.1. The van der Waals surface area contributed by atoms with Gasteiger partial charge in [0, 0.05) is 44.7 Å². The van der Waals surface area contributed by atoms with Crippen LogP contribution in [0.3, 0.4) is 0 Å². The van der Waals surface area contributed by atoms with Crippen molar-refractivity contribution in [2.75, 3.05) is 0 Å². The summed E-state index contributed by atoms with van der Waals surface area (Å²) >= 11 is 0. The van der Waals surface area contributed by atoms with Gasteiger partial charge in [-0.3, -0.25) is 15.0 Å². The minimum atomic E-state index is 0. The Morgan fingerprint density at radius 1 is 0.405 bits per heavy atom. The first kappa shape index (κ1) is 54.4. The van der Waals surface area contributed by atoms with Gasteiger partial charge in [-0.15, -0.1) is 23.8 Å². The molecule has 0 aliphatic rings. The molecule has 0 aliphatic heterocycles. The minimum absolute atomic E-state index is 0. The Hall–Kier alpha value is -8.90. The van der Waals surface area contributed by atoms with Crippen LogP contribution in [0, 0.1) is 19.1 Å². The molecule has 0 aliphatic carbocycles. The predicted octanol–water partition coefficient (Wildman–Crippen LogP) is 20.8. The van der Waals surface area contributed by atoms with Gasteiger partial charge in [-0.1, -0.05) is 200 Å². The van der Waals surface area contributed by atoms with Crippen LogP contribution in [-0.4, -0.2) is 24.1 Å². The smallest absolute Gasteiger partial charge is 0.500 e. The maximum Gasteiger partial charge on any atom is 2.00 e. The number of para-hydroxylation sites is 5. The van der Waals surface area contributed by atoms with E-state index in [1.165, 1.54) is 44.5 Å². The molecule has 0 fully saturated rings. The molecule has 0 unspecified atom stereocenters. The molecule has 84 heavy (non-hydrogen) atoms. The van der Waals surface area contributed by atoms with Gasteiger partial charge in [0.1, 0.15) is 5.58 Å². The number of rotatable bonds is 12. The fraction of sp³-hybridized carbons (Fsp3) is 0.171. The van der Waals surface area contributed by atoms with Crippen LogP contribution in [0.2, 0.25) is 0 Å². The molecule has 0 atom stereocenters. The third-order valence-electron chi connectivity index (χ3n) is 16.6. The van der Waals surface area contributed by atoms with Crippen LogP contribution in [0.15, 0.2) is 199 Å². The predicted molar refractivity (Wildman–Crippen MR) is 343 cm³/mol. The van der Waals surface area contributed by atoms with Crippen LogP contribution in [-0.2, 0) is 21.1 Å². The monoisotopic (exact) mass is 1270 g/mol.